The molecule has 17 heavy (non-hydrogen) atoms. The molecule has 1 aliphatic carbocycles. The van der Waals surface area contributed by atoms with E-state index in [1.807, 2.05) is 17.8 Å². The van der Waals surface area contributed by atoms with E-state index >= 15 is 0 Å². The maximum Gasteiger partial charge on any atom is 0.137 e. The fraction of sp³-hybridized carbons (Fsp3) is 0.667. The fourth-order valence-corrected chi connectivity index (χ4v) is 4.07. The smallest absolute Gasteiger partial charge is 0.137 e. The molecule has 1 aromatic rings. The van der Waals surface area contributed by atoms with Crippen molar-refractivity contribution in [2.24, 2.45) is 5.84 Å². The van der Waals surface area contributed by atoms with Crippen molar-refractivity contribution in [1.29, 1.82) is 0 Å². The van der Waals surface area contributed by atoms with Crippen LogP contribution in [0.5, 0.6) is 0 Å². The number of hydrogen-bond donors (Lipinski definition) is 2. The number of rotatable bonds is 5. The van der Waals surface area contributed by atoms with Crippen LogP contribution in [0, 0.1) is 0 Å². The number of thioether (sulfide) groups is 1. The van der Waals surface area contributed by atoms with Crippen molar-refractivity contribution in [1.82, 2.24) is 5.43 Å². The Bertz CT molecular complexity index is 339. The molecule has 0 amide bonds. The summed E-state index contributed by atoms with van der Waals surface area (Å²) in [6.45, 7) is 0. The third-order valence-electron chi connectivity index (χ3n) is 3.21. The van der Waals surface area contributed by atoms with Gasteiger partial charge in [-0.2, -0.15) is 11.8 Å². The van der Waals surface area contributed by atoms with E-state index in [0.29, 0.717) is 0 Å². The molecule has 1 aliphatic rings. The molecule has 96 valence electrons. The highest BCUT2D eigenvalue weighted by molar-refractivity contribution is 9.10. The third-order valence-corrected chi connectivity index (χ3v) is 5.34. The molecular weight excluding hydrogens is 300 g/mol. The van der Waals surface area contributed by atoms with E-state index in [1.54, 1.807) is 6.26 Å². The second kappa shape index (κ2) is 6.83. The van der Waals surface area contributed by atoms with Crippen molar-refractivity contribution in [3.05, 3.63) is 22.6 Å². The highest BCUT2D eigenvalue weighted by Crippen LogP contribution is 2.32. The summed E-state index contributed by atoms with van der Waals surface area (Å²) in [5.41, 5.74) is 2.84. The largest absolute Gasteiger partial charge is 0.466 e. The van der Waals surface area contributed by atoms with Crippen molar-refractivity contribution < 1.29 is 4.42 Å². The predicted molar refractivity (Wildman–Crippen MR) is 75.8 cm³/mol. The number of hydrogen-bond acceptors (Lipinski definition) is 4. The normalized spacial score (nSPS) is 19.4. The Balaban J connectivity index is 1.85. The molecule has 0 bridgehead atoms. The van der Waals surface area contributed by atoms with Crippen LogP contribution in [0.25, 0.3) is 0 Å². The van der Waals surface area contributed by atoms with Gasteiger partial charge in [0.05, 0.1) is 16.8 Å². The molecule has 0 aromatic carbocycles. The predicted octanol–water partition coefficient (Wildman–Crippen LogP) is 3.61. The molecule has 1 saturated carbocycles. The first-order valence-corrected chi connectivity index (χ1v) is 7.96. The Morgan fingerprint density at radius 1 is 1.47 bits per heavy atom. The zero-order valence-electron chi connectivity index (χ0n) is 9.82. The zero-order valence-corrected chi connectivity index (χ0v) is 12.2. The van der Waals surface area contributed by atoms with Gasteiger partial charge in [-0.15, -0.1) is 0 Å². The van der Waals surface area contributed by atoms with Crippen LogP contribution in [-0.4, -0.2) is 11.0 Å². The molecule has 0 saturated heterocycles. The summed E-state index contributed by atoms with van der Waals surface area (Å²) in [6, 6.07) is 2.00. The average Bonchev–Trinajstić information content (AvgIpc) is 2.78. The van der Waals surface area contributed by atoms with Crippen molar-refractivity contribution in [3.63, 3.8) is 0 Å². The first-order valence-electron chi connectivity index (χ1n) is 6.12. The van der Waals surface area contributed by atoms with Crippen LogP contribution in [-0.2, 0) is 0 Å². The minimum atomic E-state index is 0.0892. The van der Waals surface area contributed by atoms with Crippen LogP contribution in [0.3, 0.4) is 0 Å². The molecule has 1 fully saturated rings. The standard InChI is InChI=1S/C12H19BrN2OS/c13-10-6-7-16-12(10)11(15-14)8-17-9-4-2-1-3-5-9/h6-7,9,11,15H,1-5,8,14H2. The quantitative estimate of drug-likeness (QED) is 0.643. The van der Waals surface area contributed by atoms with Gasteiger partial charge in [-0.1, -0.05) is 19.3 Å². The summed E-state index contributed by atoms with van der Waals surface area (Å²) in [5.74, 6) is 7.47. The summed E-state index contributed by atoms with van der Waals surface area (Å²) < 4.78 is 6.44. The van der Waals surface area contributed by atoms with Crippen molar-refractivity contribution >= 4 is 27.7 Å². The van der Waals surface area contributed by atoms with Crippen LogP contribution >= 0.6 is 27.7 Å². The molecule has 3 nitrogen and oxygen atoms in total. The fourth-order valence-electron chi connectivity index (χ4n) is 2.22. The third kappa shape index (κ3) is 3.74. The molecule has 1 atom stereocenters. The molecule has 0 aliphatic heterocycles. The first kappa shape index (κ1) is 13.5. The van der Waals surface area contributed by atoms with Crippen LogP contribution in [0.2, 0.25) is 0 Å². The maximum atomic E-state index is 5.60. The van der Waals surface area contributed by atoms with E-state index in [2.05, 4.69) is 21.4 Å². The van der Waals surface area contributed by atoms with E-state index in [-0.39, 0.29) is 6.04 Å². The number of nitrogens with one attached hydrogen (secondary N) is 1. The Hall–Kier alpha value is 0.0300. The van der Waals surface area contributed by atoms with Crippen molar-refractivity contribution in [3.8, 4) is 0 Å². The van der Waals surface area contributed by atoms with Crippen LogP contribution in [0.1, 0.15) is 43.9 Å². The number of furan rings is 1. The lowest BCUT2D eigenvalue weighted by Crippen LogP contribution is -2.30. The lowest BCUT2D eigenvalue weighted by molar-refractivity contribution is 0.437. The number of nitrogens with two attached hydrogens (primary N) is 1. The zero-order chi connectivity index (χ0) is 12.1. The van der Waals surface area contributed by atoms with Gasteiger partial charge in [0.25, 0.3) is 0 Å². The van der Waals surface area contributed by atoms with Gasteiger partial charge in [-0.25, -0.2) is 5.43 Å². The van der Waals surface area contributed by atoms with Gasteiger partial charge in [0, 0.05) is 11.0 Å². The van der Waals surface area contributed by atoms with Crippen LogP contribution < -0.4 is 11.3 Å². The first-order chi connectivity index (χ1) is 8.31. The average molecular weight is 319 g/mol. The summed E-state index contributed by atoms with van der Waals surface area (Å²) in [6.07, 6.45) is 8.54. The summed E-state index contributed by atoms with van der Waals surface area (Å²) in [4.78, 5) is 0. The number of halogens is 1. The van der Waals surface area contributed by atoms with Gasteiger partial charge in [0.15, 0.2) is 0 Å². The second-order valence-corrected chi connectivity index (χ2v) is 6.63. The molecular formula is C12H19BrN2OS. The summed E-state index contributed by atoms with van der Waals surface area (Å²) in [7, 11) is 0. The van der Waals surface area contributed by atoms with Gasteiger partial charge < -0.3 is 4.42 Å². The van der Waals surface area contributed by atoms with Crippen molar-refractivity contribution in [2.75, 3.05) is 5.75 Å². The molecule has 0 spiro atoms. The van der Waals surface area contributed by atoms with E-state index in [0.717, 1.165) is 21.2 Å². The minimum Gasteiger partial charge on any atom is -0.466 e. The van der Waals surface area contributed by atoms with E-state index in [9.17, 15) is 0 Å². The monoisotopic (exact) mass is 318 g/mol. The van der Waals surface area contributed by atoms with E-state index < -0.39 is 0 Å². The lowest BCUT2D eigenvalue weighted by atomic mass is 10.0. The Morgan fingerprint density at radius 2 is 2.24 bits per heavy atom. The van der Waals surface area contributed by atoms with E-state index in [4.69, 9.17) is 10.3 Å². The lowest BCUT2D eigenvalue weighted by Gasteiger charge is -2.23. The highest BCUT2D eigenvalue weighted by atomic mass is 79.9. The topological polar surface area (TPSA) is 51.2 Å². The molecule has 1 aromatic heterocycles. The molecule has 5 heteroatoms. The number of hydrazine groups is 1. The Morgan fingerprint density at radius 3 is 2.82 bits per heavy atom. The Labute approximate surface area is 115 Å². The van der Waals surface area contributed by atoms with Gasteiger partial charge in [0.2, 0.25) is 0 Å². The molecule has 1 unspecified atom stereocenters. The summed E-state index contributed by atoms with van der Waals surface area (Å²) in [5, 5.41) is 0.799. The van der Waals surface area contributed by atoms with Crippen LogP contribution in [0.4, 0.5) is 0 Å². The van der Waals surface area contributed by atoms with Gasteiger partial charge in [0.1, 0.15) is 5.76 Å². The molecule has 1 heterocycles. The summed E-state index contributed by atoms with van der Waals surface area (Å²) >= 11 is 5.49. The Kier molecular flexibility index (Phi) is 5.41. The molecule has 0 radical (unpaired) electrons. The highest BCUT2D eigenvalue weighted by Gasteiger charge is 2.20. The van der Waals surface area contributed by atoms with Crippen molar-refractivity contribution in [2.45, 2.75) is 43.4 Å². The van der Waals surface area contributed by atoms with Gasteiger partial charge in [-0.3, -0.25) is 5.84 Å². The minimum absolute atomic E-state index is 0.0892. The second-order valence-electron chi connectivity index (χ2n) is 4.45. The van der Waals surface area contributed by atoms with Crippen LogP contribution in [0.15, 0.2) is 21.2 Å². The molecule has 3 N–H and O–H groups in total. The maximum absolute atomic E-state index is 5.60. The SMILES string of the molecule is NNC(CSC1CCCCC1)c1occc1Br. The van der Waals surface area contributed by atoms with Gasteiger partial charge >= 0.3 is 0 Å². The van der Waals surface area contributed by atoms with E-state index in [1.165, 1.54) is 32.1 Å². The van der Waals surface area contributed by atoms with Gasteiger partial charge in [-0.05, 0) is 34.8 Å². The molecule has 2 rings (SSSR count).